The molecule has 1 aliphatic rings. The molecule has 0 fully saturated rings. The van der Waals surface area contributed by atoms with E-state index < -0.39 is 32.7 Å². The highest BCUT2D eigenvalue weighted by atomic mass is 32.2. The Kier molecular flexibility index (Phi) is 6.62. The maximum absolute atomic E-state index is 14.2. The van der Waals surface area contributed by atoms with Crippen molar-refractivity contribution < 1.29 is 27.1 Å². The highest BCUT2D eigenvalue weighted by Gasteiger charge is 2.30. The molecular formula is C24H23FN2O5S. The number of benzene rings is 3. The molecule has 1 N–H and O–H groups in total. The zero-order chi connectivity index (χ0) is 23.4. The average molecular weight is 471 g/mol. The van der Waals surface area contributed by atoms with Gasteiger partial charge in [0.05, 0.1) is 0 Å². The number of likely N-dealkylation sites (N-methyl/N-ethyl adjacent to an activating group) is 1. The molecule has 7 nitrogen and oxygen atoms in total. The number of amides is 1. The van der Waals surface area contributed by atoms with Crippen LogP contribution in [-0.4, -0.2) is 39.1 Å². The topological polar surface area (TPSA) is 84.9 Å². The number of fused-ring (bicyclic) bond motifs is 1. The Morgan fingerprint density at radius 1 is 1.00 bits per heavy atom. The summed E-state index contributed by atoms with van der Waals surface area (Å²) in [6, 6.07) is 18.3. The van der Waals surface area contributed by atoms with Gasteiger partial charge in [0.15, 0.2) is 11.5 Å². The van der Waals surface area contributed by atoms with Crippen LogP contribution in [0.15, 0.2) is 77.7 Å². The number of carbonyl (C=O) groups is 1. The third-order valence-corrected chi connectivity index (χ3v) is 6.74. The van der Waals surface area contributed by atoms with Crippen LogP contribution in [0.2, 0.25) is 0 Å². The van der Waals surface area contributed by atoms with Crippen molar-refractivity contribution in [2.75, 3.05) is 13.8 Å². The molecule has 33 heavy (non-hydrogen) atoms. The maximum Gasteiger partial charge on any atom is 0.244 e. The minimum atomic E-state index is -4.28. The number of ether oxygens (including phenoxy) is 2. The van der Waals surface area contributed by atoms with Crippen molar-refractivity contribution in [1.29, 1.82) is 0 Å². The Bertz CT molecular complexity index is 1250. The summed E-state index contributed by atoms with van der Waals surface area (Å²) < 4.78 is 53.1. The van der Waals surface area contributed by atoms with Crippen LogP contribution >= 0.6 is 0 Å². The van der Waals surface area contributed by atoms with Gasteiger partial charge in [-0.2, -0.15) is 4.72 Å². The number of nitrogens with zero attached hydrogens (tertiary/aromatic N) is 1. The second kappa shape index (κ2) is 9.60. The van der Waals surface area contributed by atoms with Crippen molar-refractivity contribution in [2.24, 2.45) is 0 Å². The number of sulfonamides is 1. The van der Waals surface area contributed by atoms with Crippen molar-refractivity contribution in [1.82, 2.24) is 9.62 Å². The van der Waals surface area contributed by atoms with Gasteiger partial charge in [-0.05, 0) is 41.8 Å². The van der Waals surface area contributed by atoms with Crippen molar-refractivity contribution in [3.63, 3.8) is 0 Å². The molecule has 4 rings (SSSR count). The van der Waals surface area contributed by atoms with Crippen LogP contribution in [0, 0.1) is 5.82 Å². The number of hydrogen-bond donors (Lipinski definition) is 1. The summed E-state index contributed by atoms with van der Waals surface area (Å²) in [5.41, 5.74) is 1.56. The van der Waals surface area contributed by atoms with Crippen molar-refractivity contribution in [3.8, 4) is 11.5 Å². The fraction of sp³-hybridized carbons (Fsp3) is 0.208. The van der Waals surface area contributed by atoms with Crippen LogP contribution in [0.5, 0.6) is 11.5 Å². The maximum atomic E-state index is 14.2. The number of carbonyl (C=O) groups excluding carboxylic acids is 1. The van der Waals surface area contributed by atoms with Crippen LogP contribution in [0.3, 0.4) is 0 Å². The van der Waals surface area contributed by atoms with E-state index in [0.29, 0.717) is 11.5 Å². The standard InChI is InChI=1S/C24H23FN2O5S/c1-27(15-18-11-12-21-22(14-18)32-16-31-21)24(28)20(13-17-7-3-2-4-8-17)26-33(29,30)23-10-6-5-9-19(23)25/h2-12,14,20,26H,13,15-16H2,1H3. The third kappa shape index (κ3) is 5.32. The van der Waals surface area contributed by atoms with Gasteiger partial charge >= 0.3 is 0 Å². The molecule has 0 radical (unpaired) electrons. The van der Waals surface area contributed by atoms with Gasteiger partial charge < -0.3 is 14.4 Å². The lowest BCUT2D eigenvalue weighted by molar-refractivity contribution is -0.132. The first-order valence-electron chi connectivity index (χ1n) is 10.3. The normalized spacial score (nSPS) is 13.5. The smallest absolute Gasteiger partial charge is 0.244 e. The van der Waals surface area contributed by atoms with E-state index in [9.17, 15) is 17.6 Å². The van der Waals surface area contributed by atoms with Gasteiger partial charge in [0, 0.05) is 13.6 Å². The average Bonchev–Trinajstić information content (AvgIpc) is 3.27. The van der Waals surface area contributed by atoms with Crippen LogP contribution in [0.1, 0.15) is 11.1 Å². The van der Waals surface area contributed by atoms with E-state index in [-0.39, 0.29) is 19.8 Å². The summed E-state index contributed by atoms with van der Waals surface area (Å²) in [4.78, 5) is 14.2. The Morgan fingerprint density at radius 3 is 2.45 bits per heavy atom. The molecule has 3 aromatic rings. The Labute approximate surface area is 191 Å². The van der Waals surface area contributed by atoms with Crippen LogP contribution < -0.4 is 14.2 Å². The van der Waals surface area contributed by atoms with Gasteiger partial charge in [0.25, 0.3) is 0 Å². The molecule has 0 saturated heterocycles. The van der Waals surface area contributed by atoms with E-state index in [0.717, 1.165) is 23.3 Å². The van der Waals surface area contributed by atoms with E-state index >= 15 is 0 Å². The molecule has 0 bridgehead atoms. The summed E-state index contributed by atoms with van der Waals surface area (Å²) in [6.07, 6.45) is 0.110. The van der Waals surface area contributed by atoms with Crippen LogP contribution in [0.4, 0.5) is 4.39 Å². The van der Waals surface area contributed by atoms with Crippen molar-refractivity contribution >= 4 is 15.9 Å². The predicted octanol–water partition coefficient (Wildman–Crippen LogP) is 3.10. The molecule has 0 saturated carbocycles. The van der Waals surface area contributed by atoms with E-state index in [2.05, 4.69) is 4.72 Å². The quantitative estimate of drug-likeness (QED) is 0.547. The zero-order valence-corrected chi connectivity index (χ0v) is 18.7. The third-order valence-electron chi connectivity index (χ3n) is 5.24. The van der Waals surface area contributed by atoms with E-state index in [4.69, 9.17) is 9.47 Å². The fourth-order valence-corrected chi connectivity index (χ4v) is 4.87. The molecule has 3 aromatic carbocycles. The molecule has 1 unspecified atom stereocenters. The SMILES string of the molecule is CN(Cc1ccc2c(c1)OCO2)C(=O)C(Cc1ccccc1)NS(=O)(=O)c1ccccc1F. The molecule has 0 aliphatic carbocycles. The van der Waals surface area contributed by atoms with E-state index in [1.54, 1.807) is 43.4 Å². The van der Waals surface area contributed by atoms with E-state index in [1.807, 2.05) is 12.1 Å². The first-order chi connectivity index (χ1) is 15.8. The molecule has 9 heteroatoms. The highest BCUT2D eigenvalue weighted by molar-refractivity contribution is 7.89. The van der Waals surface area contributed by atoms with E-state index in [1.165, 1.54) is 17.0 Å². The second-order valence-electron chi connectivity index (χ2n) is 7.68. The van der Waals surface area contributed by atoms with Gasteiger partial charge in [0.2, 0.25) is 22.7 Å². The second-order valence-corrected chi connectivity index (χ2v) is 9.36. The number of halogens is 1. The molecular weight excluding hydrogens is 447 g/mol. The van der Waals surface area contributed by atoms with Crippen molar-refractivity contribution in [3.05, 3.63) is 89.7 Å². The molecule has 1 heterocycles. The molecule has 1 aliphatic heterocycles. The molecule has 1 amide bonds. The van der Waals surface area contributed by atoms with Gasteiger partial charge in [-0.15, -0.1) is 0 Å². The van der Waals surface area contributed by atoms with Gasteiger partial charge in [0.1, 0.15) is 16.8 Å². The van der Waals surface area contributed by atoms with Crippen LogP contribution in [0.25, 0.3) is 0 Å². The Hall–Kier alpha value is -3.43. The molecule has 1 atom stereocenters. The summed E-state index contributed by atoms with van der Waals surface area (Å²) >= 11 is 0. The first-order valence-corrected chi connectivity index (χ1v) is 11.8. The lowest BCUT2D eigenvalue weighted by Gasteiger charge is -2.25. The minimum absolute atomic E-state index is 0.110. The summed E-state index contributed by atoms with van der Waals surface area (Å²) in [5.74, 6) is -0.108. The first kappa shape index (κ1) is 22.8. The number of hydrogen-bond acceptors (Lipinski definition) is 5. The number of nitrogens with one attached hydrogen (secondary N) is 1. The minimum Gasteiger partial charge on any atom is -0.454 e. The highest BCUT2D eigenvalue weighted by Crippen LogP contribution is 2.32. The summed E-state index contributed by atoms with van der Waals surface area (Å²) in [7, 11) is -2.69. The van der Waals surface area contributed by atoms with Crippen molar-refractivity contribution in [2.45, 2.75) is 23.9 Å². The predicted molar refractivity (Wildman–Crippen MR) is 120 cm³/mol. The molecule has 0 aromatic heterocycles. The summed E-state index contributed by atoms with van der Waals surface area (Å²) in [6.45, 7) is 0.368. The lowest BCUT2D eigenvalue weighted by Crippen LogP contribution is -2.48. The fourth-order valence-electron chi connectivity index (χ4n) is 3.60. The Balaban J connectivity index is 1.57. The molecule has 0 spiro atoms. The summed E-state index contributed by atoms with van der Waals surface area (Å²) in [5, 5.41) is 0. The van der Waals surface area contributed by atoms with Gasteiger partial charge in [-0.25, -0.2) is 12.8 Å². The Morgan fingerprint density at radius 2 is 1.70 bits per heavy atom. The van der Waals surface area contributed by atoms with Gasteiger partial charge in [-0.1, -0.05) is 48.5 Å². The monoisotopic (exact) mass is 470 g/mol. The number of rotatable bonds is 8. The van der Waals surface area contributed by atoms with Gasteiger partial charge in [-0.3, -0.25) is 4.79 Å². The lowest BCUT2D eigenvalue weighted by atomic mass is 10.1. The largest absolute Gasteiger partial charge is 0.454 e. The molecule has 172 valence electrons. The zero-order valence-electron chi connectivity index (χ0n) is 17.9. The van der Waals surface area contributed by atoms with Crippen LogP contribution in [-0.2, 0) is 27.8 Å².